The first-order valence-corrected chi connectivity index (χ1v) is 14.1. The molecule has 1 unspecified atom stereocenters. The fourth-order valence-electron chi connectivity index (χ4n) is 5.31. The van der Waals surface area contributed by atoms with Crippen molar-refractivity contribution in [1.82, 2.24) is 4.90 Å². The molecule has 36 heavy (non-hydrogen) atoms. The smallest absolute Gasteiger partial charge is 0.262 e. The maximum Gasteiger partial charge on any atom is 0.262 e. The maximum absolute atomic E-state index is 13.9. The number of rotatable bonds is 7. The van der Waals surface area contributed by atoms with Gasteiger partial charge >= 0.3 is 0 Å². The topological polar surface area (TPSA) is 41.6 Å². The van der Waals surface area contributed by atoms with E-state index in [9.17, 15) is 4.79 Å². The van der Waals surface area contributed by atoms with Crippen molar-refractivity contribution < 1.29 is 9.53 Å². The summed E-state index contributed by atoms with van der Waals surface area (Å²) in [6.45, 7) is 7.29. The number of thioether (sulfide) groups is 1. The third-order valence-electron chi connectivity index (χ3n) is 7.20. The Morgan fingerprint density at radius 1 is 1.00 bits per heavy atom. The summed E-state index contributed by atoms with van der Waals surface area (Å²) in [4.78, 5) is 16.8. The van der Waals surface area contributed by atoms with E-state index in [0.29, 0.717) is 18.4 Å². The number of hydrogen-bond acceptors (Lipinski definition) is 4. The molecule has 1 N–H and O–H groups in total. The predicted octanol–water partition coefficient (Wildman–Crippen LogP) is 7.77. The van der Waals surface area contributed by atoms with Crippen LogP contribution in [0.3, 0.4) is 0 Å². The molecule has 3 aromatic carbocycles. The zero-order valence-electron chi connectivity index (χ0n) is 21.4. The molecule has 0 aromatic heterocycles. The second kappa shape index (κ2) is 11.0. The second-order valence-corrected chi connectivity index (χ2v) is 11.6. The lowest BCUT2D eigenvalue weighted by Gasteiger charge is -2.39. The van der Waals surface area contributed by atoms with E-state index in [4.69, 9.17) is 4.74 Å². The molecule has 1 amide bonds. The number of fused-ring (bicyclic) bond motifs is 1. The first-order valence-electron chi connectivity index (χ1n) is 13.2. The third kappa shape index (κ3) is 5.27. The van der Waals surface area contributed by atoms with Crippen LogP contribution in [0.15, 0.2) is 71.6 Å². The summed E-state index contributed by atoms with van der Waals surface area (Å²) in [7, 11) is 0. The van der Waals surface area contributed by atoms with Gasteiger partial charge in [-0.1, -0.05) is 93.9 Å². The van der Waals surface area contributed by atoms with Gasteiger partial charge in [-0.3, -0.25) is 4.79 Å². The van der Waals surface area contributed by atoms with Crippen molar-refractivity contribution in [3.05, 3.63) is 77.2 Å². The number of hydrogen-bond donors (Lipinski definition) is 1. The number of ether oxygens (including phenoxy) is 1. The van der Waals surface area contributed by atoms with E-state index in [2.05, 4.69) is 73.5 Å². The van der Waals surface area contributed by atoms with Gasteiger partial charge in [-0.15, -0.1) is 0 Å². The minimum Gasteiger partial charge on any atom is -0.493 e. The Morgan fingerprint density at radius 3 is 2.47 bits per heavy atom. The Morgan fingerprint density at radius 2 is 1.72 bits per heavy atom. The van der Waals surface area contributed by atoms with Gasteiger partial charge in [-0.2, -0.15) is 0 Å². The van der Waals surface area contributed by atoms with Gasteiger partial charge in [0.1, 0.15) is 5.75 Å². The monoisotopic (exact) mass is 500 g/mol. The zero-order valence-corrected chi connectivity index (χ0v) is 22.3. The van der Waals surface area contributed by atoms with Crippen LogP contribution in [0.2, 0.25) is 0 Å². The lowest BCUT2D eigenvalue weighted by Crippen LogP contribution is -2.48. The first kappa shape index (κ1) is 24.8. The summed E-state index contributed by atoms with van der Waals surface area (Å²) in [5.74, 6) is 1.99. The maximum atomic E-state index is 13.9. The molecule has 0 spiro atoms. The molecule has 0 bridgehead atoms. The molecule has 2 fully saturated rings. The molecule has 3 aromatic rings. The predicted molar refractivity (Wildman–Crippen MR) is 152 cm³/mol. The average molecular weight is 501 g/mol. The van der Waals surface area contributed by atoms with Gasteiger partial charge in [0.2, 0.25) is 0 Å². The first-order chi connectivity index (χ1) is 17.5. The Labute approximate surface area is 219 Å². The van der Waals surface area contributed by atoms with Crippen LogP contribution in [0.5, 0.6) is 5.75 Å². The Balaban J connectivity index is 1.49. The highest BCUT2D eigenvalue weighted by molar-refractivity contribution is 8.05. The Hall–Kier alpha value is -2.92. The van der Waals surface area contributed by atoms with Crippen molar-refractivity contribution in [2.75, 3.05) is 11.9 Å². The number of nitrogens with zero attached hydrogens (tertiary/aromatic N) is 1. The van der Waals surface area contributed by atoms with E-state index in [1.807, 2.05) is 30.3 Å². The minimum atomic E-state index is -0.114. The Kier molecular flexibility index (Phi) is 7.56. The van der Waals surface area contributed by atoms with Gasteiger partial charge in [0.25, 0.3) is 5.91 Å². The fraction of sp³-hybridized carbons (Fsp3) is 0.387. The highest BCUT2D eigenvalue weighted by Gasteiger charge is 2.42. The van der Waals surface area contributed by atoms with E-state index < -0.39 is 0 Å². The molecule has 188 valence electrons. The molecule has 1 aliphatic carbocycles. The number of carbonyl (C=O) groups is 1. The molecule has 2 aliphatic rings. The van der Waals surface area contributed by atoms with Crippen LogP contribution in [-0.4, -0.2) is 29.0 Å². The van der Waals surface area contributed by atoms with E-state index >= 15 is 0 Å². The van der Waals surface area contributed by atoms with Gasteiger partial charge in [-0.05, 0) is 59.9 Å². The van der Waals surface area contributed by atoms with Gasteiger partial charge in [0.05, 0.1) is 11.5 Å². The van der Waals surface area contributed by atoms with Crippen molar-refractivity contribution in [1.29, 1.82) is 0 Å². The normalized spacial score (nSPS) is 23.6. The van der Waals surface area contributed by atoms with E-state index in [-0.39, 0.29) is 17.4 Å². The minimum absolute atomic E-state index is 0.114. The van der Waals surface area contributed by atoms with Crippen LogP contribution in [0.25, 0.3) is 16.8 Å². The zero-order chi connectivity index (χ0) is 25.1. The molecule has 5 heteroatoms. The van der Waals surface area contributed by atoms with Crippen LogP contribution in [0.1, 0.15) is 52.0 Å². The van der Waals surface area contributed by atoms with Gasteiger partial charge in [-0.25, -0.2) is 0 Å². The van der Waals surface area contributed by atoms with Crippen molar-refractivity contribution in [2.24, 2.45) is 11.8 Å². The fourth-order valence-corrected chi connectivity index (χ4v) is 6.51. The van der Waals surface area contributed by atoms with E-state index in [1.54, 1.807) is 11.8 Å². The molecule has 3 atom stereocenters. The van der Waals surface area contributed by atoms with Crippen LogP contribution in [-0.2, 0) is 4.79 Å². The molecule has 1 saturated heterocycles. The molecule has 1 saturated carbocycles. The highest BCUT2D eigenvalue weighted by Crippen LogP contribution is 2.43. The average Bonchev–Trinajstić information content (AvgIpc) is 3.18. The number of carbonyl (C=O) groups excluding carboxylic acids is 1. The number of amides is 1. The van der Waals surface area contributed by atoms with Crippen molar-refractivity contribution in [2.45, 2.75) is 58.0 Å². The van der Waals surface area contributed by atoms with Gasteiger partial charge in [0, 0.05) is 17.1 Å². The van der Waals surface area contributed by atoms with Crippen LogP contribution >= 0.6 is 11.8 Å². The second-order valence-electron chi connectivity index (χ2n) is 10.4. The molecule has 5 rings (SSSR count). The summed E-state index contributed by atoms with van der Waals surface area (Å²) in [5.41, 5.74) is 1.97. The highest BCUT2D eigenvalue weighted by atomic mass is 32.2. The number of nitrogens with one attached hydrogen (secondary N) is 1. The third-order valence-corrected chi connectivity index (χ3v) is 8.32. The lowest BCUT2D eigenvalue weighted by atomic mass is 9.85. The molecular weight excluding hydrogens is 464 g/mol. The van der Waals surface area contributed by atoms with E-state index in [1.165, 1.54) is 19.3 Å². The molecule has 1 heterocycles. The molecule has 4 nitrogen and oxygen atoms in total. The van der Waals surface area contributed by atoms with Gasteiger partial charge < -0.3 is 15.0 Å². The quantitative estimate of drug-likeness (QED) is 0.337. The summed E-state index contributed by atoms with van der Waals surface area (Å²) in [6, 6.07) is 22.9. The Bertz CT molecular complexity index is 1240. The molecular formula is C31H36N2O2S. The summed E-state index contributed by atoms with van der Waals surface area (Å²) in [6.07, 6.45) is 6.76. The van der Waals surface area contributed by atoms with Gasteiger partial charge in [0.15, 0.2) is 5.50 Å². The van der Waals surface area contributed by atoms with E-state index in [0.717, 1.165) is 39.1 Å². The lowest BCUT2D eigenvalue weighted by molar-refractivity contribution is -0.129. The van der Waals surface area contributed by atoms with Crippen molar-refractivity contribution in [3.63, 3.8) is 0 Å². The summed E-state index contributed by atoms with van der Waals surface area (Å²) >= 11 is 1.63. The summed E-state index contributed by atoms with van der Waals surface area (Å²) < 4.78 is 6.11. The SMILES string of the molecule is CC(C)COc1ccc(/C=C2\SC(Nc3ccccc3)N([C@@H]3CCCC[C@@H]3C)C2=O)c2ccccc12. The molecule has 1 aliphatic heterocycles. The van der Waals surface area contributed by atoms with Crippen molar-refractivity contribution in [3.8, 4) is 5.75 Å². The number of benzene rings is 3. The largest absolute Gasteiger partial charge is 0.493 e. The number of para-hydroxylation sites is 1. The van der Waals surface area contributed by atoms with Crippen molar-refractivity contribution >= 4 is 40.2 Å². The summed E-state index contributed by atoms with van der Waals surface area (Å²) in [5, 5.41) is 5.83. The van der Waals surface area contributed by atoms with Crippen LogP contribution < -0.4 is 10.1 Å². The van der Waals surface area contributed by atoms with Crippen LogP contribution in [0.4, 0.5) is 5.69 Å². The van der Waals surface area contributed by atoms with Crippen LogP contribution in [0, 0.1) is 11.8 Å². The standard InChI is InChI=1S/C31H36N2O2S/c1-21(2)20-35-28-18-17-23(25-14-8-9-15-26(25)28)19-29-30(34)33(27-16-10-7-11-22(27)3)31(36-29)32-24-12-5-4-6-13-24/h4-6,8-9,12-15,17-19,21-22,27,31-32H,7,10-11,16,20H2,1-3H3/b29-19-/t22-,27+,31?/m0/s1. The number of anilines is 1. The molecule has 0 radical (unpaired) electrons.